The van der Waals surface area contributed by atoms with E-state index in [0.29, 0.717) is 0 Å². The summed E-state index contributed by atoms with van der Waals surface area (Å²) >= 11 is 1.59. The number of rotatable bonds is 0. The molecule has 0 spiro atoms. The van der Waals surface area contributed by atoms with Crippen molar-refractivity contribution in [2.75, 3.05) is 0 Å². The third-order valence-corrected chi connectivity index (χ3v) is 0.944. The Hall–Kier alpha value is 0.540. The Balaban J connectivity index is 0. The Morgan fingerprint density at radius 2 is 1.82 bits per heavy atom. The van der Waals surface area contributed by atoms with Crippen LogP contribution in [0.15, 0.2) is 17.5 Å². The van der Waals surface area contributed by atoms with Crippen molar-refractivity contribution in [3.05, 3.63) is 29.4 Å². The van der Waals surface area contributed by atoms with Gasteiger partial charge in [-0.1, -0.05) is 19.6 Å². The van der Waals surface area contributed by atoms with Crippen LogP contribution >= 0.6 is 11.3 Å². The molecule has 3 heteroatoms. The molecule has 1 aromatic rings. The SMILES string of the molecule is [CH2-][Si](C)(C)C.[Zn+2].[c-]1cccs1. The molecule has 0 saturated heterocycles. The maximum absolute atomic E-state index is 3.91. The molecule has 0 radical (unpaired) electrons. The van der Waals surface area contributed by atoms with E-state index in [0.717, 1.165) is 0 Å². The monoisotopic (exact) mass is 234 g/mol. The second-order valence-corrected chi connectivity index (χ2v) is 9.16. The van der Waals surface area contributed by atoms with E-state index in [9.17, 15) is 0 Å². The van der Waals surface area contributed by atoms with Crippen LogP contribution in [0.2, 0.25) is 19.6 Å². The maximum Gasteiger partial charge on any atom is 2.00 e. The van der Waals surface area contributed by atoms with E-state index in [2.05, 4.69) is 31.6 Å². The van der Waals surface area contributed by atoms with E-state index >= 15 is 0 Å². The minimum absolute atomic E-state index is 0. The molecular weight excluding hydrogens is 222 g/mol. The van der Waals surface area contributed by atoms with Crippen LogP contribution in [0.5, 0.6) is 0 Å². The van der Waals surface area contributed by atoms with Gasteiger partial charge in [0, 0.05) is 0 Å². The Morgan fingerprint density at radius 1 is 1.36 bits per heavy atom. The zero-order valence-corrected chi connectivity index (χ0v) is 12.3. The fraction of sp³-hybridized carbons (Fsp3) is 0.375. The van der Waals surface area contributed by atoms with Gasteiger partial charge in [0.15, 0.2) is 0 Å². The average molecular weight is 236 g/mol. The smallest absolute Gasteiger partial charge is 0.342 e. The molecule has 58 valence electrons. The third-order valence-electron chi connectivity index (χ3n) is 0.379. The molecule has 1 heterocycles. The first kappa shape index (κ1) is 14.1. The van der Waals surface area contributed by atoms with Crippen molar-refractivity contribution in [2.45, 2.75) is 19.6 Å². The Labute approximate surface area is 87.8 Å². The molecule has 0 unspecified atom stereocenters. The van der Waals surface area contributed by atoms with Gasteiger partial charge in [-0.05, 0) is 0 Å². The molecule has 0 nitrogen and oxygen atoms in total. The molecule has 0 aliphatic rings. The summed E-state index contributed by atoms with van der Waals surface area (Å²) in [5.41, 5.74) is 0. The Morgan fingerprint density at radius 3 is 1.91 bits per heavy atom. The van der Waals surface area contributed by atoms with Gasteiger partial charge in [-0.15, -0.1) is 13.5 Å². The predicted molar refractivity (Wildman–Crippen MR) is 51.9 cm³/mol. The van der Waals surface area contributed by atoms with E-state index in [1.165, 1.54) is 0 Å². The fourth-order valence-electron chi connectivity index (χ4n) is 0.196. The Kier molecular flexibility index (Phi) is 9.22. The van der Waals surface area contributed by atoms with Gasteiger partial charge < -0.3 is 17.9 Å². The molecule has 0 aromatic carbocycles. The number of hydrogen-bond acceptors (Lipinski definition) is 1. The maximum atomic E-state index is 3.91. The van der Waals surface area contributed by atoms with Crippen LogP contribution in [-0.4, -0.2) is 8.07 Å². The van der Waals surface area contributed by atoms with E-state index in [1.807, 2.05) is 17.5 Å². The quantitative estimate of drug-likeness (QED) is 0.479. The van der Waals surface area contributed by atoms with E-state index < -0.39 is 8.07 Å². The molecule has 0 aliphatic heterocycles. The van der Waals surface area contributed by atoms with Crippen LogP contribution in [0.25, 0.3) is 0 Å². The molecule has 1 aromatic heterocycles. The molecule has 0 bridgehead atoms. The third kappa shape index (κ3) is 25.0. The van der Waals surface area contributed by atoms with Gasteiger partial charge in [0.05, 0.1) is 0 Å². The standard InChI is InChI=1S/C4H3S.C4H11Si.Zn/c1-2-4-5-3-1;1-5(2,3)4;/h1-3H;1H2,2-4H3;/q2*-1;+2. The zero-order valence-electron chi connectivity index (χ0n) is 7.55. The van der Waals surface area contributed by atoms with Crippen LogP contribution in [0, 0.1) is 11.9 Å². The molecule has 0 amide bonds. The van der Waals surface area contributed by atoms with Gasteiger partial charge in [-0.3, -0.25) is 0 Å². The van der Waals surface area contributed by atoms with Gasteiger partial charge in [-0.25, -0.2) is 6.07 Å². The van der Waals surface area contributed by atoms with Crippen LogP contribution in [0.1, 0.15) is 0 Å². The van der Waals surface area contributed by atoms with Crippen molar-refractivity contribution < 1.29 is 19.5 Å². The first-order valence-electron chi connectivity index (χ1n) is 3.25. The minimum Gasteiger partial charge on any atom is -0.342 e. The first-order valence-corrected chi connectivity index (χ1v) is 7.84. The molecule has 0 aliphatic carbocycles. The van der Waals surface area contributed by atoms with Crippen LogP contribution in [-0.2, 0) is 19.5 Å². The topological polar surface area (TPSA) is 0 Å². The average Bonchev–Trinajstić information content (AvgIpc) is 2.07. The van der Waals surface area contributed by atoms with Crippen molar-refractivity contribution >= 4 is 19.4 Å². The second kappa shape index (κ2) is 7.20. The molecular formula is C8H14SSiZn. The van der Waals surface area contributed by atoms with Gasteiger partial charge >= 0.3 is 19.5 Å². The van der Waals surface area contributed by atoms with Crippen molar-refractivity contribution in [1.82, 2.24) is 0 Å². The van der Waals surface area contributed by atoms with Crippen LogP contribution < -0.4 is 0 Å². The summed E-state index contributed by atoms with van der Waals surface area (Å²) in [6, 6.07) is 3.86. The first-order chi connectivity index (χ1) is 4.50. The summed E-state index contributed by atoms with van der Waals surface area (Å²) in [5.74, 6) is 0. The van der Waals surface area contributed by atoms with Crippen LogP contribution in [0.4, 0.5) is 0 Å². The summed E-state index contributed by atoms with van der Waals surface area (Å²) in [7, 11) is -0.861. The van der Waals surface area contributed by atoms with Gasteiger partial charge in [-0.2, -0.15) is 11.4 Å². The Bertz CT molecular complexity index is 120. The second-order valence-electron chi connectivity index (χ2n) is 3.29. The van der Waals surface area contributed by atoms with E-state index in [4.69, 9.17) is 0 Å². The minimum atomic E-state index is -0.861. The van der Waals surface area contributed by atoms with Gasteiger partial charge in [0.1, 0.15) is 0 Å². The van der Waals surface area contributed by atoms with Crippen LogP contribution in [0.3, 0.4) is 0 Å². The van der Waals surface area contributed by atoms with Crippen molar-refractivity contribution in [3.63, 3.8) is 0 Å². The summed E-state index contributed by atoms with van der Waals surface area (Å²) in [6.45, 7) is 10.6. The van der Waals surface area contributed by atoms with Crippen molar-refractivity contribution in [3.8, 4) is 0 Å². The van der Waals surface area contributed by atoms with Gasteiger partial charge in [0.2, 0.25) is 0 Å². The summed E-state index contributed by atoms with van der Waals surface area (Å²) in [4.78, 5) is 0. The predicted octanol–water partition coefficient (Wildman–Crippen LogP) is 3.24. The zero-order chi connectivity index (χ0) is 8.04. The van der Waals surface area contributed by atoms with E-state index in [-0.39, 0.29) is 19.5 Å². The molecule has 0 fully saturated rings. The molecule has 0 N–H and O–H groups in total. The largest absolute Gasteiger partial charge is 2.00 e. The fourth-order valence-corrected chi connectivity index (χ4v) is 0.589. The summed E-state index contributed by atoms with van der Waals surface area (Å²) in [6.07, 6.45) is 0. The summed E-state index contributed by atoms with van der Waals surface area (Å²) < 4.78 is 0. The van der Waals surface area contributed by atoms with Crippen molar-refractivity contribution in [2.24, 2.45) is 0 Å². The van der Waals surface area contributed by atoms with Crippen molar-refractivity contribution in [1.29, 1.82) is 0 Å². The number of hydrogen-bond donors (Lipinski definition) is 0. The molecule has 0 saturated carbocycles. The number of thiophene rings is 1. The molecule has 0 atom stereocenters. The van der Waals surface area contributed by atoms with Gasteiger partial charge in [0.25, 0.3) is 0 Å². The molecule has 11 heavy (non-hydrogen) atoms. The van der Waals surface area contributed by atoms with E-state index in [1.54, 1.807) is 11.3 Å². The molecule has 1 rings (SSSR count). The normalized spacial score (nSPS) is 9.09. The summed E-state index contributed by atoms with van der Waals surface area (Å²) in [5, 5.41) is 4.89.